The van der Waals surface area contributed by atoms with Crippen LogP contribution in [0.2, 0.25) is 0 Å². The largest absolute Gasteiger partial charge is 0.374 e. The Labute approximate surface area is 156 Å². The van der Waals surface area contributed by atoms with Crippen LogP contribution in [0, 0.1) is 13.8 Å². The molecule has 2 aromatic rings. The molecule has 138 valence electrons. The van der Waals surface area contributed by atoms with Crippen molar-refractivity contribution in [2.24, 2.45) is 0 Å². The van der Waals surface area contributed by atoms with Crippen LogP contribution < -0.4 is 5.32 Å². The van der Waals surface area contributed by atoms with E-state index in [9.17, 15) is 4.79 Å². The van der Waals surface area contributed by atoms with E-state index in [-0.39, 0.29) is 12.0 Å². The minimum Gasteiger partial charge on any atom is -0.374 e. The van der Waals surface area contributed by atoms with E-state index in [0.29, 0.717) is 19.6 Å². The summed E-state index contributed by atoms with van der Waals surface area (Å²) in [6, 6.07) is 16.7. The smallest absolute Gasteiger partial charge is 0.224 e. The molecule has 0 aromatic heterocycles. The molecule has 0 aliphatic carbocycles. The number of benzene rings is 2. The zero-order valence-corrected chi connectivity index (χ0v) is 15.7. The monoisotopic (exact) mass is 352 g/mol. The normalized spacial score (nSPS) is 17.8. The highest BCUT2D eigenvalue weighted by Gasteiger charge is 2.21. The predicted octanol–water partition coefficient (Wildman–Crippen LogP) is 2.86. The van der Waals surface area contributed by atoms with Crippen LogP contribution in [-0.4, -0.2) is 43.2 Å². The lowest BCUT2D eigenvalue weighted by Gasteiger charge is -2.33. The van der Waals surface area contributed by atoms with E-state index in [2.05, 4.69) is 60.5 Å². The fraction of sp³-hybridized carbons (Fsp3) is 0.409. The first-order chi connectivity index (χ1) is 12.6. The summed E-state index contributed by atoms with van der Waals surface area (Å²) in [4.78, 5) is 14.6. The average molecular weight is 352 g/mol. The molecule has 1 amide bonds. The molecule has 0 unspecified atom stereocenters. The summed E-state index contributed by atoms with van der Waals surface area (Å²) in [5.74, 6) is 0.0528. The Balaban J connectivity index is 1.44. The standard InChI is InChI=1S/C22H28N2O2/c1-17-8-9-20(12-18(17)2)13-22(25)23-14-21-16-24(10-11-26-21)15-19-6-4-3-5-7-19/h3-9,12,21H,10-11,13-16H2,1-2H3,(H,23,25)/t21-/m1/s1. The molecule has 1 N–H and O–H groups in total. The third-order valence-electron chi connectivity index (χ3n) is 4.93. The predicted molar refractivity (Wildman–Crippen MR) is 104 cm³/mol. The van der Waals surface area contributed by atoms with Crippen molar-refractivity contribution in [3.05, 3.63) is 70.8 Å². The van der Waals surface area contributed by atoms with Gasteiger partial charge < -0.3 is 10.1 Å². The van der Waals surface area contributed by atoms with Crippen LogP contribution in [-0.2, 0) is 22.5 Å². The second kappa shape index (κ2) is 8.97. The van der Waals surface area contributed by atoms with Crippen molar-refractivity contribution in [1.29, 1.82) is 0 Å². The fourth-order valence-corrected chi connectivity index (χ4v) is 3.28. The molecule has 1 saturated heterocycles. The van der Waals surface area contributed by atoms with Crippen LogP contribution in [0.5, 0.6) is 0 Å². The first kappa shape index (κ1) is 18.6. The lowest BCUT2D eigenvalue weighted by Crippen LogP contribution is -2.47. The van der Waals surface area contributed by atoms with Gasteiger partial charge in [0.1, 0.15) is 0 Å². The highest BCUT2D eigenvalue weighted by molar-refractivity contribution is 5.78. The molecule has 0 bridgehead atoms. The van der Waals surface area contributed by atoms with Gasteiger partial charge in [0.05, 0.1) is 19.1 Å². The molecule has 1 aliphatic heterocycles. The van der Waals surface area contributed by atoms with Crippen molar-refractivity contribution in [2.45, 2.75) is 32.9 Å². The number of nitrogens with one attached hydrogen (secondary N) is 1. The number of carbonyl (C=O) groups is 1. The Hall–Kier alpha value is -2.17. The van der Waals surface area contributed by atoms with Crippen molar-refractivity contribution < 1.29 is 9.53 Å². The molecular weight excluding hydrogens is 324 g/mol. The lowest BCUT2D eigenvalue weighted by molar-refractivity contribution is -0.121. The van der Waals surface area contributed by atoms with Crippen LogP contribution >= 0.6 is 0 Å². The van der Waals surface area contributed by atoms with Crippen LogP contribution in [0.15, 0.2) is 48.5 Å². The van der Waals surface area contributed by atoms with E-state index in [0.717, 1.165) is 25.2 Å². The Morgan fingerprint density at radius 1 is 1.12 bits per heavy atom. The van der Waals surface area contributed by atoms with E-state index in [1.54, 1.807) is 0 Å². The second-order valence-electron chi connectivity index (χ2n) is 7.11. The van der Waals surface area contributed by atoms with Crippen LogP contribution in [0.4, 0.5) is 0 Å². The zero-order chi connectivity index (χ0) is 18.4. The fourth-order valence-electron chi connectivity index (χ4n) is 3.28. The Kier molecular flexibility index (Phi) is 6.42. The van der Waals surface area contributed by atoms with Gasteiger partial charge in [-0.2, -0.15) is 0 Å². The first-order valence-corrected chi connectivity index (χ1v) is 9.31. The molecule has 4 heteroatoms. The number of rotatable bonds is 6. The van der Waals surface area contributed by atoms with Crippen molar-refractivity contribution in [3.8, 4) is 0 Å². The van der Waals surface area contributed by atoms with E-state index in [4.69, 9.17) is 4.74 Å². The van der Waals surface area contributed by atoms with Gasteiger partial charge >= 0.3 is 0 Å². The quantitative estimate of drug-likeness (QED) is 0.869. The van der Waals surface area contributed by atoms with E-state index in [1.807, 2.05) is 12.1 Å². The van der Waals surface area contributed by atoms with Gasteiger partial charge in [-0.05, 0) is 36.1 Å². The second-order valence-corrected chi connectivity index (χ2v) is 7.11. The summed E-state index contributed by atoms with van der Waals surface area (Å²) in [5.41, 5.74) is 4.85. The maximum atomic E-state index is 12.2. The number of nitrogens with zero attached hydrogens (tertiary/aromatic N) is 1. The van der Waals surface area contributed by atoms with E-state index < -0.39 is 0 Å². The summed E-state index contributed by atoms with van der Waals surface area (Å²) in [7, 11) is 0. The Morgan fingerprint density at radius 3 is 2.69 bits per heavy atom. The summed E-state index contributed by atoms with van der Waals surface area (Å²) in [5, 5.41) is 3.03. The number of hydrogen-bond donors (Lipinski definition) is 1. The first-order valence-electron chi connectivity index (χ1n) is 9.31. The Morgan fingerprint density at radius 2 is 1.92 bits per heavy atom. The minimum absolute atomic E-state index is 0.0520. The number of ether oxygens (including phenoxy) is 1. The third-order valence-corrected chi connectivity index (χ3v) is 4.93. The third kappa shape index (κ3) is 5.41. The minimum atomic E-state index is 0.0520. The van der Waals surface area contributed by atoms with Crippen LogP contribution in [0.25, 0.3) is 0 Å². The number of amides is 1. The molecule has 1 heterocycles. The van der Waals surface area contributed by atoms with Gasteiger partial charge in [-0.1, -0.05) is 48.5 Å². The molecule has 1 atom stereocenters. The van der Waals surface area contributed by atoms with Gasteiger partial charge in [0.15, 0.2) is 0 Å². The summed E-state index contributed by atoms with van der Waals surface area (Å²) >= 11 is 0. The summed E-state index contributed by atoms with van der Waals surface area (Å²) in [6.07, 6.45) is 0.470. The van der Waals surface area contributed by atoms with Gasteiger partial charge in [-0.25, -0.2) is 0 Å². The van der Waals surface area contributed by atoms with Crippen molar-refractivity contribution in [1.82, 2.24) is 10.2 Å². The molecule has 3 rings (SSSR count). The molecular formula is C22H28N2O2. The molecule has 0 saturated carbocycles. The molecule has 1 aliphatic rings. The van der Waals surface area contributed by atoms with Gasteiger partial charge in [-0.3, -0.25) is 9.69 Å². The van der Waals surface area contributed by atoms with Crippen LogP contribution in [0.1, 0.15) is 22.3 Å². The number of morpholine rings is 1. The highest BCUT2D eigenvalue weighted by Crippen LogP contribution is 2.12. The maximum Gasteiger partial charge on any atom is 0.224 e. The number of aryl methyl sites for hydroxylation is 2. The van der Waals surface area contributed by atoms with Gasteiger partial charge in [0.25, 0.3) is 0 Å². The zero-order valence-electron chi connectivity index (χ0n) is 15.7. The summed E-state index contributed by atoms with van der Waals surface area (Å²) in [6.45, 7) is 8.15. The van der Waals surface area contributed by atoms with E-state index in [1.165, 1.54) is 16.7 Å². The van der Waals surface area contributed by atoms with Gasteiger partial charge in [0.2, 0.25) is 5.91 Å². The molecule has 4 nitrogen and oxygen atoms in total. The van der Waals surface area contributed by atoms with Gasteiger partial charge in [0, 0.05) is 26.2 Å². The van der Waals surface area contributed by atoms with Crippen molar-refractivity contribution >= 4 is 5.91 Å². The highest BCUT2D eigenvalue weighted by atomic mass is 16.5. The van der Waals surface area contributed by atoms with Gasteiger partial charge in [-0.15, -0.1) is 0 Å². The SMILES string of the molecule is Cc1ccc(CC(=O)NC[C@@H]2CN(Cc3ccccc3)CCO2)cc1C. The molecule has 0 radical (unpaired) electrons. The van der Waals surface area contributed by atoms with E-state index >= 15 is 0 Å². The number of hydrogen-bond acceptors (Lipinski definition) is 3. The maximum absolute atomic E-state index is 12.2. The molecule has 26 heavy (non-hydrogen) atoms. The molecule has 1 fully saturated rings. The molecule has 2 aromatic carbocycles. The number of carbonyl (C=O) groups excluding carboxylic acids is 1. The topological polar surface area (TPSA) is 41.6 Å². The average Bonchev–Trinajstić information content (AvgIpc) is 2.64. The molecule has 0 spiro atoms. The summed E-state index contributed by atoms with van der Waals surface area (Å²) < 4.78 is 5.82. The van der Waals surface area contributed by atoms with Crippen molar-refractivity contribution in [3.63, 3.8) is 0 Å². The van der Waals surface area contributed by atoms with Crippen molar-refractivity contribution in [2.75, 3.05) is 26.2 Å². The lowest BCUT2D eigenvalue weighted by atomic mass is 10.0. The Bertz CT molecular complexity index is 730. The van der Waals surface area contributed by atoms with Crippen LogP contribution in [0.3, 0.4) is 0 Å².